The number of H-pyrrole nitrogens is 1. The number of aromatic amines is 1. The van der Waals surface area contributed by atoms with E-state index in [1.165, 1.54) is 6.07 Å². The molecule has 2 aromatic carbocycles. The van der Waals surface area contributed by atoms with Gasteiger partial charge in [-0.3, -0.25) is 34.8 Å². The Morgan fingerprint density at radius 1 is 0.927 bits per heavy atom. The monoisotopic (exact) mass is 743 g/mol. The number of nitrogens with zero attached hydrogens (tertiary/aromatic N) is 5. The third-order valence-corrected chi connectivity index (χ3v) is 11.1. The smallest absolute Gasteiger partial charge is 0.262 e. The highest BCUT2D eigenvalue weighted by Gasteiger charge is 2.44. The number of amidine groups is 1. The summed E-state index contributed by atoms with van der Waals surface area (Å²) in [5, 5.41) is 14.3. The topological polar surface area (TPSA) is 167 Å². The van der Waals surface area contributed by atoms with Gasteiger partial charge in [0.2, 0.25) is 11.8 Å². The molecule has 4 amide bonds. The van der Waals surface area contributed by atoms with E-state index in [4.69, 9.17) is 10.4 Å². The zero-order chi connectivity index (χ0) is 38.1. The van der Waals surface area contributed by atoms with Gasteiger partial charge in [0.15, 0.2) is 0 Å². The molecule has 13 nitrogen and oxygen atoms in total. The van der Waals surface area contributed by atoms with Crippen molar-refractivity contribution in [3.05, 3.63) is 101 Å². The summed E-state index contributed by atoms with van der Waals surface area (Å²) in [5.41, 5.74) is 3.72. The van der Waals surface area contributed by atoms with Crippen LogP contribution in [0.1, 0.15) is 83.1 Å². The standard InChI is InChI=1S/C41H42FN9O4/c42-27-5-1-4-26(22-27)33-7-3-19-50(33)35(43)12-13-36-45-24-32(46-36)31-6-2-8-37(47-31)49-20-16-25(17-21-49)15-18-44-28-9-10-29-30(23-28)41(55)51(40(29)54)34-11-14-38(52)48-39(34)53/h1-2,4-6,8-10,12-13,22-25,33-34,43-44H,3,7,11,14-21H2,(H,45,46)(H,48,52,53)/b13-12-,43-35?/t33-,34?/m1/s1. The van der Waals surface area contributed by atoms with E-state index in [2.05, 4.69) is 25.5 Å². The number of piperidine rings is 2. The maximum absolute atomic E-state index is 13.9. The van der Waals surface area contributed by atoms with E-state index in [-0.39, 0.29) is 35.8 Å². The molecule has 2 aromatic heterocycles. The van der Waals surface area contributed by atoms with E-state index < -0.39 is 29.7 Å². The molecule has 4 N–H and O–H groups in total. The number of halogens is 1. The number of likely N-dealkylation sites (tertiary alicyclic amines) is 1. The first-order valence-electron chi connectivity index (χ1n) is 18.9. The molecular formula is C41H42FN9O4. The van der Waals surface area contributed by atoms with Gasteiger partial charge in [-0.05, 0) is 105 Å². The second-order valence-electron chi connectivity index (χ2n) is 14.5. The Kier molecular flexibility index (Phi) is 9.96. The number of imide groups is 2. The van der Waals surface area contributed by atoms with E-state index in [0.29, 0.717) is 24.1 Å². The maximum Gasteiger partial charge on any atom is 0.262 e. The van der Waals surface area contributed by atoms with Crippen molar-refractivity contribution >= 4 is 47.0 Å². The minimum atomic E-state index is -0.983. The molecule has 4 aromatic rings. The second-order valence-corrected chi connectivity index (χ2v) is 14.5. The Hall–Kier alpha value is -6.18. The fourth-order valence-electron chi connectivity index (χ4n) is 8.12. The van der Waals surface area contributed by atoms with Crippen LogP contribution in [-0.2, 0) is 9.59 Å². The molecule has 6 heterocycles. The van der Waals surface area contributed by atoms with Crippen LogP contribution in [0.5, 0.6) is 0 Å². The highest BCUT2D eigenvalue weighted by atomic mass is 19.1. The lowest BCUT2D eigenvalue weighted by molar-refractivity contribution is -0.136. The Morgan fingerprint density at radius 3 is 2.56 bits per heavy atom. The third-order valence-electron chi connectivity index (χ3n) is 11.1. The van der Waals surface area contributed by atoms with Gasteiger partial charge in [0.1, 0.15) is 29.3 Å². The van der Waals surface area contributed by atoms with Gasteiger partial charge in [-0.2, -0.15) is 0 Å². The van der Waals surface area contributed by atoms with Crippen LogP contribution in [-0.4, -0.2) is 86.4 Å². The van der Waals surface area contributed by atoms with E-state index in [1.807, 2.05) is 29.2 Å². The molecule has 0 saturated carbocycles. The molecule has 4 aliphatic rings. The van der Waals surface area contributed by atoms with Crippen molar-refractivity contribution in [3.63, 3.8) is 0 Å². The summed E-state index contributed by atoms with van der Waals surface area (Å²) in [4.78, 5) is 68.2. The van der Waals surface area contributed by atoms with Gasteiger partial charge < -0.3 is 20.1 Å². The molecule has 0 bridgehead atoms. The molecule has 4 aliphatic heterocycles. The van der Waals surface area contributed by atoms with Crippen molar-refractivity contribution in [2.75, 3.05) is 36.4 Å². The van der Waals surface area contributed by atoms with Crippen LogP contribution in [0.4, 0.5) is 15.9 Å². The summed E-state index contributed by atoms with van der Waals surface area (Å²) in [6.07, 6.45) is 10.3. The molecule has 282 valence electrons. The van der Waals surface area contributed by atoms with Gasteiger partial charge in [-0.15, -0.1) is 0 Å². The molecule has 0 radical (unpaired) electrons. The van der Waals surface area contributed by atoms with Crippen LogP contribution in [0, 0.1) is 17.1 Å². The fourth-order valence-corrected chi connectivity index (χ4v) is 8.12. The number of carbonyl (C=O) groups is 4. The number of nitrogens with one attached hydrogen (secondary N) is 4. The van der Waals surface area contributed by atoms with Crippen molar-refractivity contribution < 1.29 is 23.6 Å². The number of aromatic nitrogens is 3. The minimum absolute atomic E-state index is 0.0193. The van der Waals surface area contributed by atoms with Crippen LogP contribution < -0.4 is 15.5 Å². The lowest BCUT2D eigenvalue weighted by Crippen LogP contribution is -2.54. The summed E-state index contributed by atoms with van der Waals surface area (Å²) < 4.78 is 13.9. The average molecular weight is 744 g/mol. The van der Waals surface area contributed by atoms with E-state index in [0.717, 1.165) is 85.1 Å². The summed E-state index contributed by atoms with van der Waals surface area (Å²) in [6.45, 7) is 3.20. The number of hydrogen-bond acceptors (Lipinski definition) is 9. The van der Waals surface area contributed by atoms with Crippen molar-refractivity contribution in [1.29, 1.82) is 5.41 Å². The maximum atomic E-state index is 13.9. The molecule has 0 aliphatic carbocycles. The highest BCUT2D eigenvalue weighted by molar-refractivity contribution is 6.23. The number of carbonyl (C=O) groups excluding carboxylic acids is 4. The number of amides is 4. The van der Waals surface area contributed by atoms with Crippen molar-refractivity contribution in [2.45, 2.75) is 57.0 Å². The predicted molar refractivity (Wildman–Crippen MR) is 205 cm³/mol. The summed E-state index contributed by atoms with van der Waals surface area (Å²) in [7, 11) is 0. The third kappa shape index (κ3) is 7.48. The van der Waals surface area contributed by atoms with Crippen molar-refractivity contribution in [3.8, 4) is 11.4 Å². The average Bonchev–Trinajstić information content (AvgIpc) is 3.94. The molecule has 3 saturated heterocycles. The van der Waals surface area contributed by atoms with Crippen molar-refractivity contribution in [1.82, 2.24) is 30.1 Å². The van der Waals surface area contributed by atoms with E-state index in [9.17, 15) is 23.6 Å². The largest absolute Gasteiger partial charge is 0.385 e. The number of fused-ring (bicyclic) bond motifs is 1. The SMILES string of the molecule is N=C(/C=C\c1ncc(-c2cccc(N3CCC(CCNc4ccc5c(c4)C(=O)N(C4CCC(=O)NC4=O)C5=O)CC3)n2)[nH]1)N1CCC[C@@H]1c1cccc(F)c1. The number of rotatable bonds is 10. The zero-order valence-corrected chi connectivity index (χ0v) is 30.3. The molecule has 8 rings (SSSR count). The molecule has 55 heavy (non-hydrogen) atoms. The minimum Gasteiger partial charge on any atom is -0.385 e. The Bertz CT molecular complexity index is 2190. The van der Waals surface area contributed by atoms with Gasteiger partial charge in [0.25, 0.3) is 11.8 Å². The Balaban J connectivity index is 0.816. The quantitative estimate of drug-likeness (QED) is 0.0924. The lowest BCUT2D eigenvalue weighted by atomic mass is 9.93. The highest BCUT2D eigenvalue weighted by Crippen LogP contribution is 2.33. The van der Waals surface area contributed by atoms with Gasteiger partial charge in [0.05, 0.1) is 34.8 Å². The van der Waals surface area contributed by atoms with Gasteiger partial charge >= 0.3 is 0 Å². The van der Waals surface area contributed by atoms with Gasteiger partial charge in [0, 0.05) is 38.3 Å². The van der Waals surface area contributed by atoms with Crippen LogP contribution in [0.3, 0.4) is 0 Å². The normalized spacial score (nSPS) is 20.4. The number of anilines is 2. The van der Waals surface area contributed by atoms with Crippen LogP contribution in [0.2, 0.25) is 0 Å². The Morgan fingerprint density at radius 2 is 1.75 bits per heavy atom. The van der Waals surface area contributed by atoms with Gasteiger partial charge in [-0.25, -0.2) is 14.4 Å². The lowest BCUT2D eigenvalue weighted by Gasteiger charge is -2.33. The molecule has 1 unspecified atom stereocenters. The Labute approximate surface area is 317 Å². The zero-order valence-electron chi connectivity index (χ0n) is 30.3. The molecule has 0 spiro atoms. The summed E-state index contributed by atoms with van der Waals surface area (Å²) in [6, 6.07) is 16.7. The summed E-state index contributed by atoms with van der Waals surface area (Å²) in [5.74, 6) is 0.0940. The van der Waals surface area contributed by atoms with E-state index in [1.54, 1.807) is 48.7 Å². The molecule has 3 fully saturated rings. The second kappa shape index (κ2) is 15.3. The first kappa shape index (κ1) is 35.8. The molecule has 14 heteroatoms. The van der Waals surface area contributed by atoms with Crippen LogP contribution in [0.15, 0.2) is 72.9 Å². The van der Waals surface area contributed by atoms with Crippen LogP contribution in [0.25, 0.3) is 17.5 Å². The fraction of sp³-hybridized carbons (Fsp3) is 0.341. The first-order chi connectivity index (χ1) is 26.7. The number of imidazole rings is 1. The van der Waals surface area contributed by atoms with Crippen molar-refractivity contribution in [2.24, 2.45) is 5.92 Å². The summed E-state index contributed by atoms with van der Waals surface area (Å²) >= 11 is 0. The number of hydrogen-bond donors (Lipinski definition) is 4. The van der Waals surface area contributed by atoms with E-state index >= 15 is 0 Å². The number of pyridine rings is 1. The molecule has 2 atom stereocenters. The predicted octanol–water partition coefficient (Wildman–Crippen LogP) is 5.56. The van der Waals surface area contributed by atoms with Crippen LogP contribution >= 0.6 is 0 Å². The number of benzene rings is 2. The van der Waals surface area contributed by atoms with Gasteiger partial charge in [-0.1, -0.05) is 18.2 Å². The molecular weight excluding hydrogens is 702 g/mol. The first-order valence-corrected chi connectivity index (χ1v) is 18.9.